The van der Waals surface area contributed by atoms with Gasteiger partial charge in [0.05, 0.1) is 0 Å². The first-order chi connectivity index (χ1) is 6.65. The molecule has 1 N–H and O–H groups in total. The molecule has 0 saturated heterocycles. The second kappa shape index (κ2) is 5.02. The Kier molecular flexibility index (Phi) is 3.98. The van der Waals surface area contributed by atoms with Crippen LogP contribution in [0.3, 0.4) is 0 Å². The van der Waals surface area contributed by atoms with Crippen LogP contribution < -0.4 is 0 Å². The van der Waals surface area contributed by atoms with Gasteiger partial charge in [0.15, 0.2) is 0 Å². The first-order valence-corrected chi connectivity index (χ1v) is 5.12. The third-order valence-corrected chi connectivity index (χ3v) is 2.38. The summed E-state index contributed by atoms with van der Waals surface area (Å²) in [5.74, 6) is 5.57. The van der Waals surface area contributed by atoms with Gasteiger partial charge in [0.1, 0.15) is 6.10 Å². The van der Waals surface area contributed by atoms with Crippen LogP contribution >= 0.6 is 0 Å². The van der Waals surface area contributed by atoms with Crippen molar-refractivity contribution in [2.75, 3.05) is 0 Å². The van der Waals surface area contributed by atoms with Crippen LogP contribution in [0.1, 0.15) is 40.0 Å². The number of rotatable bonds is 2. The lowest BCUT2D eigenvalue weighted by Crippen LogP contribution is -2.06. The summed E-state index contributed by atoms with van der Waals surface area (Å²) in [5, 5.41) is 9.77. The Labute approximate surface area is 86.5 Å². The molecule has 1 aliphatic carbocycles. The molecule has 0 spiro atoms. The van der Waals surface area contributed by atoms with Crippen LogP contribution in [-0.4, -0.2) is 11.2 Å². The molecule has 0 bridgehead atoms. The van der Waals surface area contributed by atoms with E-state index < -0.39 is 6.10 Å². The number of hydrogen-bond donors (Lipinski definition) is 1. The molecule has 0 amide bonds. The summed E-state index contributed by atoms with van der Waals surface area (Å²) in [7, 11) is 0. The molecule has 0 fully saturated rings. The maximum Gasteiger partial charge on any atom is 0.136 e. The predicted molar refractivity (Wildman–Crippen MR) is 59.8 cm³/mol. The van der Waals surface area contributed by atoms with E-state index in [1.54, 1.807) is 6.92 Å². The average Bonchev–Trinajstić information content (AvgIpc) is 2.51. The molecule has 0 aromatic heterocycles. The maximum atomic E-state index is 9.77. The van der Waals surface area contributed by atoms with Crippen molar-refractivity contribution >= 4 is 0 Å². The molecule has 0 heterocycles. The summed E-state index contributed by atoms with van der Waals surface area (Å²) < 4.78 is 0. The highest BCUT2D eigenvalue weighted by atomic mass is 16.3. The molecule has 0 saturated carbocycles. The monoisotopic (exact) mass is 190 g/mol. The van der Waals surface area contributed by atoms with Gasteiger partial charge in [-0.2, -0.15) is 0 Å². The lowest BCUT2D eigenvalue weighted by molar-refractivity contribution is 0.264. The molecule has 14 heavy (non-hydrogen) atoms. The van der Waals surface area contributed by atoms with Gasteiger partial charge in [-0.3, -0.25) is 0 Å². The van der Waals surface area contributed by atoms with E-state index in [0.29, 0.717) is 0 Å². The molecule has 0 aromatic carbocycles. The fourth-order valence-electron chi connectivity index (χ4n) is 1.84. The van der Waals surface area contributed by atoms with Crippen LogP contribution in [0.15, 0.2) is 22.8 Å². The van der Waals surface area contributed by atoms with E-state index in [4.69, 9.17) is 0 Å². The molecule has 0 aromatic rings. The zero-order valence-electron chi connectivity index (χ0n) is 9.22. The summed E-state index contributed by atoms with van der Waals surface area (Å²) in [4.78, 5) is 0. The molecule has 1 aliphatic rings. The van der Waals surface area contributed by atoms with Crippen molar-refractivity contribution in [2.24, 2.45) is 0 Å². The van der Waals surface area contributed by atoms with Gasteiger partial charge in [-0.15, -0.1) is 5.92 Å². The fourth-order valence-corrected chi connectivity index (χ4v) is 1.84. The lowest BCUT2D eigenvalue weighted by atomic mass is 10.0. The number of allylic oxidation sites excluding steroid dienone is 3. The van der Waals surface area contributed by atoms with Gasteiger partial charge < -0.3 is 5.11 Å². The second-order valence-electron chi connectivity index (χ2n) is 3.92. The van der Waals surface area contributed by atoms with Gasteiger partial charge in [-0.05, 0) is 51.2 Å². The quantitative estimate of drug-likeness (QED) is 0.664. The van der Waals surface area contributed by atoms with Gasteiger partial charge in [0, 0.05) is 0 Å². The number of hydrogen-bond acceptors (Lipinski definition) is 1. The van der Waals surface area contributed by atoms with Crippen LogP contribution in [0.25, 0.3) is 0 Å². The summed E-state index contributed by atoms with van der Waals surface area (Å²) in [6.45, 7) is 5.93. The van der Waals surface area contributed by atoms with Crippen molar-refractivity contribution in [2.45, 2.75) is 46.1 Å². The summed E-state index contributed by atoms with van der Waals surface area (Å²) >= 11 is 0. The molecule has 0 aliphatic heterocycles. The first-order valence-electron chi connectivity index (χ1n) is 5.12. The highest BCUT2D eigenvalue weighted by Crippen LogP contribution is 2.29. The highest BCUT2D eigenvalue weighted by molar-refractivity contribution is 5.37. The Morgan fingerprint density at radius 1 is 1.43 bits per heavy atom. The van der Waals surface area contributed by atoms with Crippen LogP contribution in [-0.2, 0) is 0 Å². The fraction of sp³-hybridized carbons (Fsp3) is 0.538. The van der Waals surface area contributed by atoms with Gasteiger partial charge in [0.25, 0.3) is 0 Å². The lowest BCUT2D eigenvalue weighted by Gasteiger charge is -2.06. The third kappa shape index (κ3) is 2.75. The smallest absolute Gasteiger partial charge is 0.136 e. The Bertz CT molecular complexity index is 319. The molecular weight excluding hydrogens is 172 g/mol. The minimum atomic E-state index is -0.548. The van der Waals surface area contributed by atoms with Gasteiger partial charge in [-0.25, -0.2) is 0 Å². The van der Waals surface area contributed by atoms with E-state index in [0.717, 1.165) is 24.8 Å². The van der Waals surface area contributed by atoms with Gasteiger partial charge in [-0.1, -0.05) is 17.6 Å². The van der Waals surface area contributed by atoms with Crippen molar-refractivity contribution in [3.8, 4) is 11.8 Å². The normalized spacial score (nSPS) is 17.4. The highest BCUT2D eigenvalue weighted by Gasteiger charge is 2.17. The summed E-state index contributed by atoms with van der Waals surface area (Å²) in [5.41, 5.74) is 3.71. The van der Waals surface area contributed by atoms with E-state index in [9.17, 15) is 5.11 Å². The topological polar surface area (TPSA) is 20.2 Å². The van der Waals surface area contributed by atoms with Crippen LogP contribution in [0, 0.1) is 11.8 Å². The van der Waals surface area contributed by atoms with E-state index in [2.05, 4.69) is 31.8 Å². The van der Waals surface area contributed by atoms with E-state index >= 15 is 0 Å². The first kappa shape index (κ1) is 11.1. The largest absolute Gasteiger partial charge is 0.376 e. The molecule has 1 atom stereocenters. The van der Waals surface area contributed by atoms with Crippen LogP contribution in [0.2, 0.25) is 0 Å². The molecule has 1 nitrogen and oxygen atoms in total. The predicted octanol–water partition coefficient (Wildman–Crippen LogP) is 2.82. The Balaban J connectivity index is 2.91. The summed E-state index contributed by atoms with van der Waals surface area (Å²) in [6.07, 6.45) is 4.85. The molecular formula is C13H18O. The van der Waals surface area contributed by atoms with Crippen molar-refractivity contribution in [3.63, 3.8) is 0 Å². The third-order valence-electron chi connectivity index (χ3n) is 2.38. The van der Waals surface area contributed by atoms with Crippen LogP contribution in [0.4, 0.5) is 0 Å². The minimum absolute atomic E-state index is 0.548. The second-order valence-corrected chi connectivity index (χ2v) is 3.92. The zero-order chi connectivity index (χ0) is 10.6. The molecule has 1 unspecified atom stereocenters. The Morgan fingerprint density at radius 2 is 2.14 bits per heavy atom. The zero-order valence-corrected chi connectivity index (χ0v) is 9.22. The average molecular weight is 190 g/mol. The van der Waals surface area contributed by atoms with Gasteiger partial charge in [0.2, 0.25) is 0 Å². The molecule has 1 heteroatoms. The van der Waals surface area contributed by atoms with E-state index in [1.165, 1.54) is 11.1 Å². The maximum absolute atomic E-state index is 9.77. The number of aliphatic hydroxyl groups excluding tert-OH is 1. The Morgan fingerprint density at radius 3 is 2.71 bits per heavy atom. The van der Waals surface area contributed by atoms with Crippen LogP contribution in [0.5, 0.6) is 0 Å². The van der Waals surface area contributed by atoms with Crippen molar-refractivity contribution in [1.29, 1.82) is 0 Å². The Hall–Kier alpha value is -1.00. The minimum Gasteiger partial charge on any atom is -0.376 e. The number of aliphatic hydroxyl groups is 1. The van der Waals surface area contributed by atoms with Crippen molar-refractivity contribution in [3.05, 3.63) is 22.8 Å². The molecule has 76 valence electrons. The molecule has 1 rings (SSSR count). The summed E-state index contributed by atoms with van der Waals surface area (Å²) in [6, 6.07) is 0. The van der Waals surface area contributed by atoms with Crippen molar-refractivity contribution in [1.82, 2.24) is 0 Å². The SMILES string of the molecule is CC#CC(O)C1=C(C=C(C)C)CCC1. The van der Waals surface area contributed by atoms with E-state index in [-0.39, 0.29) is 0 Å². The van der Waals surface area contributed by atoms with Crippen molar-refractivity contribution < 1.29 is 5.11 Å². The standard InChI is InChI=1S/C13H18O/c1-4-6-13(14)12-8-5-7-11(12)9-10(2)3/h9,13-14H,5,7-8H2,1-3H3. The van der Waals surface area contributed by atoms with Gasteiger partial charge >= 0.3 is 0 Å². The van der Waals surface area contributed by atoms with E-state index in [1.807, 2.05) is 0 Å². The molecule has 0 radical (unpaired) electrons.